The molecule has 3 saturated heterocycles. The number of aromatic hydroxyl groups is 1. The Labute approximate surface area is 241 Å². The Hall–Kier alpha value is -3.71. The molecule has 1 amide bonds. The Morgan fingerprint density at radius 2 is 1.63 bits per heavy atom. The molecule has 3 aliphatic heterocycles. The Morgan fingerprint density at radius 3 is 2.37 bits per heavy atom. The molecular weight excluding hydrogens is 510 g/mol. The smallest absolute Gasteiger partial charge is 0.259 e. The molecule has 0 radical (unpaired) electrons. The number of amides is 1. The van der Waals surface area contributed by atoms with Crippen LogP contribution in [0.2, 0.25) is 0 Å². The molecule has 5 heterocycles. The second-order valence-electron chi connectivity index (χ2n) is 12.3. The molecule has 1 N–H and O–H groups in total. The van der Waals surface area contributed by atoms with E-state index >= 15 is 0 Å². The van der Waals surface area contributed by atoms with Gasteiger partial charge in [-0.15, -0.1) is 0 Å². The first-order valence-corrected chi connectivity index (χ1v) is 15.2. The third-order valence-corrected chi connectivity index (χ3v) is 10.3. The van der Waals surface area contributed by atoms with Gasteiger partial charge in [-0.2, -0.15) is 0 Å². The van der Waals surface area contributed by atoms with E-state index in [1.165, 1.54) is 43.0 Å². The molecule has 4 aromatic rings. The second kappa shape index (κ2) is 10.6. The molecule has 7 nitrogen and oxygen atoms in total. The predicted octanol–water partition coefficient (Wildman–Crippen LogP) is 5.88. The van der Waals surface area contributed by atoms with Gasteiger partial charge >= 0.3 is 0 Å². The zero-order valence-corrected chi connectivity index (χ0v) is 23.8. The van der Waals surface area contributed by atoms with Crippen LogP contribution in [0.25, 0.3) is 11.0 Å². The summed E-state index contributed by atoms with van der Waals surface area (Å²) in [5.41, 5.74) is 4.10. The Kier molecular flexibility index (Phi) is 6.78. The molecule has 3 fully saturated rings. The van der Waals surface area contributed by atoms with Crippen LogP contribution in [0, 0.1) is 6.92 Å². The van der Waals surface area contributed by atoms with Crippen molar-refractivity contribution in [3.8, 4) is 5.88 Å². The van der Waals surface area contributed by atoms with E-state index in [1.54, 1.807) is 12.1 Å². The molecular formula is C34H39N5O2. The highest BCUT2D eigenvalue weighted by Crippen LogP contribution is 2.45. The maximum atomic E-state index is 13.2. The predicted molar refractivity (Wildman–Crippen MR) is 160 cm³/mol. The number of nitrogens with zero attached hydrogens (tertiary/aromatic N) is 5. The van der Waals surface area contributed by atoms with Crippen LogP contribution in [0.4, 0.5) is 0 Å². The standard InChI is InChI=1S/C34H39N5O2/c1-24-36-30-11-5-6-12-31(30)39(24)28-22-26-13-14-27(23-28)38(26)21-17-34(25-8-3-2-4-9-25)15-19-37(20-16-34)33(41)29-10-7-18-35-32(29)40/h2-12,18,26-28H,13-17,19-23H2,1H3,(H,35,40)/t26-,27+,28?. The fraction of sp³-hybridized carbons (Fsp3) is 0.441. The number of likely N-dealkylation sites (tertiary alicyclic amines) is 1. The van der Waals surface area contributed by atoms with Crippen molar-refractivity contribution in [2.24, 2.45) is 0 Å². The highest BCUT2D eigenvalue weighted by Gasteiger charge is 2.44. The second-order valence-corrected chi connectivity index (χ2v) is 12.3. The van der Waals surface area contributed by atoms with Gasteiger partial charge in [-0.3, -0.25) is 9.69 Å². The molecule has 2 bridgehead atoms. The lowest BCUT2D eigenvalue weighted by atomic mass is 9.70. The molecule has 1 unspecified atom stereocenters. The van der Waals surface area contributed by atoms with Crippen molar-refractivity contribution in [2.75, 3.05) is 19.6 Å². The van der Waals surface area contributed by atoms with E-state index in [2.05, 4.69) is 76.0 Å². The molecule has 2 aromatic carbocycles. The average molecular weight is 550 g/mol. The van der Waals surface area contributed by atoms with Crippen LogP contribution in [-0.4, -0.2) is 67.1 Å². The molecule has 3 atom stereocenters. The average Bonchev–Trinajstić information content (AvgIpc) is 3.47. The zero-order chi connectivity index (χ0) is 28.0. The van der Waals surface area contributed by atoms with Crippen LogP contribution in [0.5, 0.6) is 5.88 Å². The highest BCUT2D eigenvalue weighted by molar-refractivity contribution is 5.96. The molecule has 2 aromatic heterocycles. The molecule has 7 heteroatoms. The highest BCUT2D eigenvalue weighted by atomic mass is 16.3. The normalized spacial score (nSPS) is 24.1. The first kappa shape index (κ1) is 26.2. The molecule has 0 spiro atoms. The van der Waals surface area contributed by atoms with E-state index in [-0.39, 0.29) is 17.2 Å². The monoisotopic (exact) mass is 549 g/mol. The number of pyridine rings is 1. The topological polar surface area (TPSA) is 74.5 Å². The van der Waals surface area contributed by atoms with Gasteiger partial charge in [-0.25, -0.2) is 9.97 Å². The van der Waals surface area contributed by atoms with E-state index < -0.39 is 0 Å². The maximum Gasteiger partial charge on any atom is 0.259 e. The fourth-order valence-corrected chi connectivity index (χ4v) is 8.14. The number of carbonyl (C=O) groups excluding carboxylic acids is 1. The Bertz CT molecular complexity index is 1530. The van der Waals surface area contributed by atoms with Crippen molar-refractivity contribution < 1.29 is 9.90 Å². The van der Waals surface area contributed by atoms with Crippen LogP contribution >= 0.6 is 0 Å². The minimum absolute atomic E-state index is 0.0441. The number of hydrogen-bond acceptors (Lipinski definition) is 5. The minimum Gasteiger partial charge on any atom is -0.493 e. The van der Waals surface area contributed by atoms with Gasteiger partial charge in [0.15, 0.2) is 0 Å². The van der Waals surface area contributed by atoms with Gasteiger partial charge in [0.2, 0.25) is 5.88 Å². The third kappa shape index (κ3) is 4.70. The van der Waals surface area contributed by atoms with Gasteiger partial charge in [-0.1, -0.05) is 42.5 Å². The van der Waals surface area contributed by atoms with Crippen LogP contribution < -0.4 is 0 Å². The maximum absolute atomic E-state index is 13.2. The summed E-state index contributed by atoms with van der Waals surface area (Å²) in [6, 6.07) is 24.6. The van der Waals surface area contributed by atoms with Crippen LogP contribution in [0.3, 0.4) is 0 Å². The first-order chi connectivity index (χ1) is 20.0. The number of fused-ring (bicyclic) bond motifs is 3. The van der Waals surface area contributed by atoms with Crippen molar-refractivity contribution >= 4 is 16.9 Å². The van der Waals surface area contributed by atoms with Crippen LogP contribution in [0.15, 0.2) is 72.9 Å². The van der Waals surface area contributed by atoms with Crippen molar-refractivity contribution in [1.82, 2.24) is 24.3 Å². The number of aromatic nitrogens is 3. The molecule has 41 heavy (non-hydrogen) atoms. The van der Waals surface area contributed by atoms with Crippen molar-refractivity contribution in [3.05, 3.63) is 89.9 Å². The Balaban J connectivity index is 1.07. The minimum atomic E-state index is -0.185. The van der Waals surface area contributed by atoms with E-state index in [1.807, 2.05) is 4.90 Å². The summed E-state index contributed by atoms with van der Waals surface area (Å²) in [6.45, 7) is 4.62. The third-order valence-electron chi connectivity index (χ3n) is 10.3. The number of piperidine rings is 2. The SMILES string of the molecule is Cc1nc2ccccc2n1C1C[C@H]2CC[C@@H](C1)N2CCC1(c2ccccc2)CCN(C(=O)c2cccnc2O)CC1. The van der Waals surface area contributed by atoms with E-state index in [9.17, 15) is 9.90 Å². The van der Waals surface area contributed by atoms with Gasteiger partial charge in [0.25, 0.3) is 5.91 Å². The van der Waals surface area contributed by atoms with Crippen molar-refractivity contribution in [2.45, 2.75) is 75.4 Å². The quantitative estimate of drug-likeness (QED) is 0.325. The molecule has 3 aliphatic rings. The van der Waals surface area contributed by atoms with Crippen molar-refractivity contribution in [3.63, 3.8) is 0 Å². The number of para-hydroxylation sites is 2. The number of imidazole rings is 1. The van der Waals surface area contributed by atoms with Gasteiger partial charge in [0, 0.05) is 37.4 Å². The van der Waals surface area contributed by atoms with E-state index in [0.29, 0.717) is 36.8 Å². The first-order valence-electron chi connectivity index (χ1n) is 15.2. The lowest BCUT2D eigenvalue weighted by Gasteiger charge is -2.45. The van der Waals surface area contributed by atoms with Crippen LogP contribution in [0.1, 0.15) is 72.7 Å². The van der Waals surface area contributed by atoms with Gasteiger partial charge in [0.05, 0.1) is 11.0 Å². The fourth-order valence-electron chi connectivity index (χ4n) is 8.14. The van der Waals surface area contributed by atoms with Gasteiger partial charge < -0.3 is 14.6 Å². The van der Waals surface area contributed by atoms with E-state index in [0.717, 1.165) is 37.1 Å². The summed E-state index contributed by atoms with van der Waals surface area (Å²) in [6.07, 6.45) is 9.40. The number of carbonyl (C=O) groups is 1. The Morgan fingerprint density at radius 1 is 0.927 bits per heavy atom. The summed E-state index contributed by atoms with van der Waals surface area (Å²) in [5, 5.41) is 10.2. The number of aryl methyl sites for hydroxylation is 1. The van der Waals surface area contributed by atoms with Gasteiger partial charge in [0.1, 0.15) is 11.4 Å². The summed E-state index contributed by atoms with van der Waals surface area (Å²) >= 11 is 0. The largest absolute Gasteiger partial charge is 0.493 e. The number of rotatable bonds is 6. The molecule has 212 valence electrons. The van der Waals surface area contributed by atoms with Crippen molar-refractivity contribution in [1.29, 1.82) is 0 Å². The molecule has 7 rings (SSSR count). The molecule has 0 saturated carbocycles. The summed E-state index contributed by atoms with van der Waals surface area (Å²) in [7, 11) is 0. The van der Waals surface area contributed by atoms with E-state index in [4.69, 9.17) is 4.98 Å². The number of hydrogen-bond donors (Lipinski definition) is 1. The zero-order valence-electron chi connectivity index (χ0n) is 23.8. The molecule has 0 aliphatic carbocycles. The lowest BCUT2D eigenvalue weighted by molar-refractivity contribution is 0.0604. The lowest BCUT2D eigenvalue weighted by Crippen LogP contribution is -2.49. The summed E-state index contributed by atoms with van der Waals surface area (Å²) in [4.78, 5) is 26.7. The van der Waals surface area contributed by atoms with Crippen LogP contribution in [-0.2, 0) is 5.41 Å². The summed E-state index contributed by atoms with van der Waals surface area (Å²) in [5.74, 6) is 0.822. The summed E-state index contributed by atoms with van der Waals surface area (Å²) < 4.78 is 2.51. The number of benzene rings is 2. The van der Waals surface area contributed by atoms with Gasteiger partial charge in [-0.05, 0) is 93.7 Å².